The highest BCUT2D eigenvalue weighted by Gasteiger charge is 2.29. The Bertz CT molecular complexity index is 963. The molecule has 1 aliphatic rings. The van der Waals surface area contributed by atoms with Crippen LogP contribution in [0.2, 0.25) is 0 Å². The van der Waals surface area contributed by atoms with E-state index in [0.29, 0.717) is 35.6 Å². The number of hydrogen-bond donors (Lipinski definition) is 2. The van der Waals surface area contributed by atoms with Gasteiger partial charge >= 0.3 is 6.03 Å². The Balaban J connectivity index is 1.66. The lowest BCUT2D eigenvalue weighted by Gasteiger charge is -2.16. The molecule has 9 heteroatoms. The zero-order chi connectivity index (χ0) is 21.7. The van der Waals surface area contributed by atoms with Crippen LogP contribution < -0.4 is 20.1 Å². The Labute approximate surface area is 182 Å². The predicted octanol–water partition coefficient (Wildman–Crippen LogP) is 2.49. The van der Waals surface area contributed by atoms with Crippen molar-refractivity contribution in [2.45, 2.75) is 13.0 Å². The molecule has 1 fully saturated rings. The fourth-order valence-corrected chi connectivity index (χ4v) is 3.68. The van der Waals surface area contributed by atoms with Gasteiger partial charge in [0.05, 0.1) is 27.3 Å². The van der Waals surface area contributed by atoms with Crippen molar-refractivity contribution in [3.63, 3.8) is 0 Å². The molecule has 0 bridgehead atoms. The van der Waals surface area contributed by atoms with Crippen molar-refractivity contribution in [2.24, 2.45) is 0 Å². The standard InChI is InChI=1S/C21H22BrN3O5/c1-29-17-9-13(16(22)10-18(17)30-2)7-8-23-20(27)15-6-4-3-5-14(15)12-25-19(26)11-24-21(25)28/h3-6,9-10H,7-8,11-12H2,1-2H3,(H,23,27)(H,24,28). The number of carbonyl (C=O) groups is 3. The van der Waals surface area contributed by atoms with Gasteiger partial charge in [-0.05, 0) is 35.7 Å². The van der Waals surface area contributed by atoms with Gasteiger partial charge in [0.2, 0.25) is 5.91 Å². The van der Waals surface area contributed by atoms with Crippen LogP contribution in [0.5, 0.6) is 11.5 Å². The lowest BCUT2D eigenvalue weighted by Crippen LogP contribution is -2.32. The van der Waals surface area contributed by atoms with E-state index in [-0.39, 0.29) is 24.9 Å². The first-order valence-corrected chi connectivity index (χ1v) is 10.1. The summed E-state index contributed by atoms with van der Waals surface area (Å²) >= 11 is 3.51. The summed E-state index contributed by atoms with van der Waals surface area (Å²) in [6.45, 7) is 0.424. The third-order valence-corrected chi connectivity index (χ3v) is 5.50. The summed E-state index contributed by atoms with van der Waals surface area (Å²) in [6.07, 6.45) is 0.571. The normalized spacial score (nSPS) is 13.2. The number of carbonyl (C=O) groups excluding carboxylic acids is 3. The number of amides is 4. The average molecular weight is 476 g/mol. The molecule has 30 heavy (non-hydrogen) atoms. The zero-order valence-corrected chi connectivity index (χ0v) is 18.2. The highest BCUT2D eigenvalue weighted by molar-refractivity contribution is 9.10. The fraction of sp³-hybridized carbons (Fsp3) is 0.286. The van der Waals surface area contributed by atoms with Crippen molar-refractivity contribution in [1.29, 1.82) is 0 Å². The largest absolute Gasteiger partial charge is 0.493 e. The topological polar surface area (TPSA) is 97.0 Å². The van der Waals surface area contributed by atoms with E-state index in [0.717, 1.165) is 14.9 Å². The van der Waals surface area contributed by atoms with Crippen molar-refractivity contribution in [3.05, 3.63) is 57.6 Å². The molecule has 0 aliphatic carbocycles. The number of nitrogens with zero attached hydrogens (tertiary/aromatic N) is 1. The number of halogens is 1. The van der Waals surface area contributed by atoms with Crippen LogP contribution in [0.4, 0.5) is 4.79 Å². The molecule has 4 amide bonds. The molecule has 2 aromatic carbocycles. The summed E-state index contributed by atoms with van der Waals surface area (Å²) in [4.78, 5) is 37.5. The first kappa shape index (κ1) is 21.6. The molecule has 158 valence electrons. The van der Waals surface area contributed by atoms with Gasteiger partial charge in [0.15, 0.2) is 11.5 Å². The molecule has 0 atom stereocenters. The molecule has 0 aromatic heterocycles. The van der Waals surface area contributed by atoms with Crippen LogP contribution in [0.15, 0.2) is 40.9 Å². The molecule has 1 saturated heterocycles. The van der Waals surface area contributed by atoms with Gasteiger partial charge in [0.25, 0.3) is 5.91 Å². The Morgan fingerprint density at radius 2 is 1.83 bits per heavy atom. The van der Waals surface area contributed by atoms with E-state index < -0.39 is 6.03 Å². The molecule has 3 rings (SSSR count). The predicted molar refractivity (Wildman–Crippen MR) is 114 cm³/mol. The smallest absolute Gasteiger partial charge is 0.324 e. The van der Waals surface area contributed by atoms with Crippen LogP contribution in [0, 0.1) is 0 Å². The van der Waals surface area contributed by atoms with E-state index in [1.54, 1.807) is 38.5 Å². The average Bonchev–Trinajstić information content (AvgIpc) is 3.06. The summed E-state index contributed by atoms with van der Waals surface area (Å²) in [7, 11) is 3.14. The van der Waals surface area contributed by atoms with Gasteiger partial charge in [-0.25, -0.2) is 4.79 Å². The molecule has 0 radical (unpaired) electrons. The van der Waals surface area contributed by atoms with Crippen LogP contribution >= 0.6 is 15.9 Å². The molecule has 0 unspecified atom stereocenters. The molecule has 1 aliphatic heterocycles. The van der Waals surface area contributed by atoms with Crippen LogP contribution in [0.3, 0.4) is 0 Å². The van der Waals surface area contributed by atoms with E-state index >= 15 is 0 Å². The summed E-state index contributed by atoms with van der Waals surface area (Å²) in [5, 5.41) is 5.37. The molecular weight excluding hydrogens is 454 g/mol. The number of urea groups is 1. The number of imide groups is 1. The number of rotatable bonds is 8. The zero-order valence-electron chi connectivity index (χ0n) is 16.7. The Hall–Kier alpha value is -3.07. The summed E-state index contributed by atoms with van der Waals surface area (Å²) < 4.78 is 11.5. The molecule has 1 heterocycles. The van der Waals surface area contributed by atoms with Gasteiger partial charge in [0, 0.05) is 16.6 Å². The van der Waals surface area contributed by atoms with Crippen LogP contribution in [-0.4, -0.2) is 50.1 Å². The van der Waals surface area contributed by atoms with E-state index in [1.165, 1.54) is 0 Å². The summed E-state index contributed by atoms with van der Waals surface area (Å²) in [5.41, 5.74) is 1.99. The maximum absolute atomic E-state index is 12.7. The summed E-state index contributed by atoms with van der Waals surface area (Å²) in [6, 6.07) is 10.2. The number of methoxy groups -OCH3 is 2. The first-order chi connectivity index (χ1) is 14.4. The number of ether oxygens (including phenoxy) is 2. The van der Waals surface area contributed by atoms with Crippen LogP contribution in [0.25, 0.3) is 0 Å². The monoisotopic (exact) mass is 475 g/mol. The van der Waals surface area contributed by atoms with Gasteiger partial charge in [-0.3, -0.25) is 14.5 Å². The summed E-state index contributed by atoms with van der Waals surface area (Å²) in [5.74, 6) is 0.648. The SMILES string of the molecule is COc1cc(Br)c(CCNC(=O)c2ccccc2CN2C(=O)CNC2=O)cc1OC. The van der Waals surface area contributed by atoms with E-state index in [2.05, 4.69) is 26.6 Å². The second-order valence-electron chi connectivity index (χ2n) is 6.60. The minimum absolute atomic E-state index is 0.0204. The Kier molecular flexibility index (Phi) is 6.94. The van der Waals surface area contributed by atoms with Crippen molar-refractivity contribution < 1.29 is 23.9 Å². The molecule has 0 spiro atoms. The number of benzene rings is 2. The van der Waals surface area contributed by atoms with Gasteiger partial charge in [-0.2, -0.15) is 0 Å². The Morgan fingerprint density at radius 3 is 2.50 bits per heavy atom. The van der Waals surface area contributed by atoms with E-state index in [9.17, 15) is 14.4 Å². The third-order valence-electron chi connectivity index (χ3n) is 4.76. The van der Waals surface area contributed by atoms with Gasteiger partial charge in [-0.15, -0.1) is 0 Å². The van der Waals surface area contributed by atoms with E-state index in [1.807, 2.05) is 12.1 Å². The highest BCUT2D eigenvalue weighted by Crippen LogP contribution is 2.33. The number of nitrogens with one attached hydrogen (secondary N) is 2. The maximum Gasteiger partial charge on any atom is 0.324 e. The van der Waals surface area contributed by atoms with Crippen LogP contribution in [0.1, 0.15) is 21.5 Å². The molecule has 2 aromatic rings. The quantitative estimate of drug-likeness (QED) is 0.571. The van der Waals surface area contributed by atoms with Crippen molar-refractivity contribution in [1.82, 2.24) is 15.5 Å². The minimum atomic E-state index is -0.450. The van der Waals surface area contributed by atoms with Gasteiger partial charge < -0.3 is 20.1 Å². The minimum Gasteiger partial charge on any atom is -0.493 e. The second kappa shape index (κ2) is 9.62. The van der Waals surface area contributed by atoms with Gasteiger partial charge in [0.1, 0.15) is 0 Å². The Morgan fingerprint density at radius 1 is 1.13 bits per heavy atom. The molecular formula is C21H22BrN3O5. The number of hydrogen-bond acceptors (Lipinski definition) is 5. The van der Waals surface area contributed by atoms with Crippen molar-refractivity contribution >= 4 is 33.8 Å². The first-order valence-electron chi connectivity index (χ1n) is 9.29. The molecule has 8 nitrogen and oxygen atoms in total. The highest BCUT2D eigenvalue weighted by atomic mass is 79.9. The fourth-order valence-electron chi connectivity index (χ4n) is 3.16. The second-order valence-corrected chi connectivity index (χ2v) is 7.45. The third kappa shape index (κ3) is 4.73. The van der Waals surface area contributed by atoms with Crippen molar-refractivity contribution in [3.8, 4) is 11.5 Å². The molecule has 2 N–H and O–H groups in total. The lowest BCUT2D eigenvalue weighted by atomic mass is 10.1. The molecule has 0 saturated carbocycles. The van der Waals surface area contributed by atoms with Gasteiger partial charge in [-0.1, -0.05) is 34.1 Å². The lowest BCUT2D eigenvalue weighted by molar-refractivity contribution is -0.125. The van der Waals surface area contributed by atoms with Crippen molar-refractivity contribution in [2.75, 3.05) is 27.3 Å². The maximum atomic E-state index is 12.7. The van der Waals surface area contributed by atoms with E-state index in [4.69, 9.17) is 9.47 Å². The van der Waals surface area contributed by atoms with Crippen LogP contribution in [-0.2, 0) is 17.8 Å².